The molecule has 3 aromatic carbocycles. The van der Waals surface area contributed by atoms with Gasteiger partial charge in [0.25, 0.3) is 0 Å². The number of thiazole rings is 1. The zero-order valence-electron chi connectivity index (χ0n) is 21.3. The van der Waals surface area contributed by atoms with Crippen LogP contribution in [-0.4, -0.2) is 27.5 Å². The van der Waals surface area contributed by atoms with Crippen molar-refractivity contribution in [1.82, 2.24) is 4.57 Å². The van der Waals surface area contributed by atoms with Crippen molar-refractivity contribution in [3.05, 3.63) is 108 Å². The van der Waals surface area contributed by atoms with Crippen LogP contribution in [0.2, 0.25) is 10.0 Å². The van der Waals surface area contributed by atoms with Crippen LogP contribution in [0, 0.1) is 18.7 Å². The predicted octanol–water partition coefficient (Wildman–Crippen LogP) is 6.10. The van der Waals surface area contributed by atoms with E-state index in [9.17, 15) is 23.6 Å². The van der Waals surface area contributed by atoms with E-state index < -0.39 is 45.5 Å². The number of imide groups is 1. The zero-order valence-corrected chi connectivity index (χ0v) is 24.4. The Kier molecular flexibility index (Phi) is 7.27. The van der Waals surface area contributed by atoms with Crippen LogP contribution in [0.1, 0.15) is 21.9 Å². The molecule has 2 aliphatic heterocycles. The Morgan fingerprint density at radius 3 is 2.46 bits per heavy atom. The molecule has 4 aromatic rings. The van der Waals surface area contributed by atoms with E-state index in [1.165, 1.54) is 28.8 Å². The summed E-state index contributed by atoms with van der Waals surface area (Å²) in [5.41, 5.74) is 2.29. The van der Waals surface area contributed by atoms with Crippen LogP contribution >= 0.6 is 46.3 Å². The highest BCUT2D eigenvalue weighted by Crippen LogP contribution is 2.55. The summed E-state index contributed by atoms with van der Waals surface area (Å²) in [5, 5.41) is 2.78. The molecule has 3 heterocycles. The average molecular weight is 629 g/mol. The van der Waals surface area contributed by atoms with Gasteiger partial charge in [0, 0.05) is 16.5 Å². The van der Waals surface area contributed by atoms with E-state index in [0.717, 1.165) is 33.6 Å². The van der Waals surface area contributed by atoms with Gasteiger partial charge in [-0.05, 0) is 60.5 Å². The van der Waals surface area contributed by atoms with E-state index in [-0.39, 0.29) is 22.3 Å². The normalized spacial score (nSPS) is 19.7. The number of thioether (sulfide) groups is 1. The molecular weight excluding hydrogens is 608 g/mol. The van der Waals surface area contributed by atoms with Crippen molar-refractivity contribution in [1.29, 1.82) is 0 Å². The standard InChI is InChI=1S/C29H20Cl2FN3O4S2/c1-14-4-2-5-16(12-14)33-20(36)13-34-28-25(41-29(34)39)21(18-6-3-7-19(30)23(18)31)22-24(40-28)27(38)35(26(22)37)17-10-8-15(32)9-11-17/h2-12,21-22,24H,13H2,1H3,(H,33,36)/t21-,22-,24+/m0/s1. The molecule has 0 unspecified atom stereocenters. The van der Waals surface area contributed by atoms with Gasteiger partial charge in [0.1, 0.15) is 17.6 Å². The lowest BCUT2D eigenvalue weighted by Crippen LogP contribution is -2.33. The molecule has 1 fully saturated rings. The summed E-state index contributed by atoms with van der Waals surface area (Å²) in [6.45, 7) is 1.61. The van der Waals surface area contributed by atoms with Gasteiger partial charge < -0.3 is 5.32 Å². The largest absolute Gasteiger partial charge is 0.325 e. The fourth-order valence-electron chi connectivity index (χ4n) is 5.26. The lowest BCUT2D eigenvalue weighted by Gasteiger charge is -2.31. The van der Waals surface area contributed by atoms with Crippen molar-refractivity contribution in [3.63, 3.8) is 0 Å². The zero-order chi connectivity index (χ0) is 29.0. The van der Waals surface area contributed by atoms with Crippen LogP contribution in [0.4, 0.5) is 15.8 Å². The number of nitrogens with zero attached hydrogens (tertiary/aromatic N) is 2. The summed E-state index contributed by atoms with van der Waals surface area (Å²) >= 11 is 15.0. The van der Waals surface area contributed by atoms with Crippen LogP contribution in [-0.2, 0) is 20.9 Å². The third-order valence-electron chi connectivity index (χ3n) is 7.05. The van der Waals surface area contributed by atoms with Crippen LogP contribution in [0.15, 0.2) is 76.6 Å². The van der Waals surface area contributed by atoms with Crippen molar-refractivity contribution in [2.45, 2.75) is 29.7 Å². The molecular formula is C29H20Cl2FN3O4S2. The number of carbonyl (C=O) groups is 3. The Balaban J connectivity index is 1.44. The minimum atomic E-state index is -0.916. The lowest BCUT2D eigenvalue weighted by molar-refractivity contribution is -0.122. The number of carbonyl (C=O) groups excluding carboxylic acids is 3. The van der Waals surface area contributed by atoms with Gasteiger partial charge in [-0.2, -0.15) is 0 Å². The summed E-state index contributed by atoms with van der Waals surface area (Å²) in [6, 6.07) is 17.4. The van der Waals surface area contributed by atoms with Gasteiger partial charge >= 0.3 is 4.87 Å². The van der Waals surface area contributed by atoms with E-state index in [4.69, 9.17) is 23.2 Å². The maximum Gasteiger partial charge on any atom is 0.308 e. The highest BCUT2D eigenvalue weighted by atomic mass is 35.5. The Morgan fingerprint density at radius 1 is 1.00 bits per heavy atom. The predicted molar refractivity (Wildman–Crippen MR) is 159 cm³/mol. The maximum atomic E-state index is 13.9. The molecule has 41 heavy (non-hydrogen) atoms. The first-order valence-electron chi connectivity index (χ1n) is 12.5. The minimum absolute atomic E-state index is 0.209. The van der Waals surface area contributed by atoms with E-state index in [0.29, 0.717) is 21.2 Å². The summed E-state index contributed by atoms with van der Waals surface area (Å²) in [6.07, 6.45) is 0. The lowest BCUT2D eigenvalue weighted by atomic mass is 9.83. The molecule has 1 N–H and O–H groups in total. The Labute approximate surface area is 251 Å². The average Bonchev–Trinajstić information content (AvgIpc) is 3.37. The number of aryl methyl sites for hydroxylation is 1. The maximum absolute atomic E-state index is 13.9. The Morgan fingerprint density at radius 2 is 1.73 bits per heavy atom. The number of anilines is 2. The van der Waals surface area contributed by atoms with Crippen molar-refractivity contribution in [3.8, 4) is 0 Å². The second kappa shape index (κ2) is 10.8. The van der Waals surface area contributed by atoms with E-state index in [2.05, 4.69) is 5.32 Å². The molecule has 1 aromatic heterocycles. The summed E-state index contributed by atoms with van der Waals surface area (Å²) < 4.78 is 15.0. The molecule has 0 spiro atoms. The Hall–Kier alpha value is -3.44. The highest BCUT2D eigenvalue weighted by molar-refractivity contribution is 8.00. The van der Waals surface area contributed by atoms with Crippen LogP contribution in [0.3, 0.4) is 0 Å². The molecule has 3 amide bonds. The van der Waals surface area contributed by atoms with Gasteiger partial charge in [0.05, 0.1) is 26.7 Å². The summed E-state index contributed by atoms with van der Waals surface area (Å²) in [7, 11) is 0. The minimum Gasteiger partial charge on any atom is -0.325 e. The van der Waals surface area contributed by atoms with Gasteiger partial charge in [0.15, 0.2) is 0 Å². The SMILES string of the molecule is Cc1cccc(NC(=O)Cn2c3c(sc2=O)[C@@H](c2cccc(Cl)c2Cl)[C@@H]2C(=O)N(c4ccc(F)cc4)C(=O)[C@@H]2S3)c1. The topological polar surface area (TPSA) is 88.5 Å². The van der Waals surface area contributed by atoms with Crippen molar-refractivity contribution >= 4 is 75.4 Å². The molecule has 12 heteroatoms. The second-order valence-corrected chi connectivity index (χ2v) is 12.6. The smallest absolute Gasteiger partial charge is 0.308 e. The molecule has 0 aliphatic carbocycles. The second-order valence-electron chi connectivity index (χ2n) is 9.71. The molecule has 6 rings (SSSR count). The summed E-state index contributed by atoms with van der Waals surface area (Å²) in [4.78, 5) is 55.1. The number of benzene rings is 3. The van der Waals surface area contributed by atoms with Crippen molar-refractivity contribution < 1.29 is 18.8 Å². The molecule has 0 radical (unpaired) electrons. The molecule has 3 atom stereocenters. The van der Waals surface area contributed by atoms with Gasteiger partial charge in [-0.1, -0.05) is 70.6 Å². The van der Waals surface area contributed by atoms with E-state index in [1.807, 2.05) is 25.1 Å². The third kappa shape index (κ3) is 4.88. The molecule has 1 saturated heterocycles. The fourth-order valence-corrected chi connectivity index (χ4v) is 8.45. The van der Waals surface area contributed by atoms with Crippen LogP contribution in [0.5, 0.6) is 0 Å². The van der Waals surface area contributed by atoms with Crippen LogP contribution in [0.25, 0.3) is 0 Å². The van der Waals surface area contributed by atoms with Gasteiger partial charge in [0.2, 0.25) is 17.7 Å². The number of halogens is 3. The molecule has 7 nitrogen and oxygen atoms in total. The number of hydrogen-bond acceptors (Lipinski definition) is 6. The molecule has 2 aliphatic rings. The molecule has 0 bridgehead atoms. The van der Waals surface area contributed by atoms with E-state index in [1.54, 1.807) is 24.3 Å². The number of rotatable bonds is 5. The number of hydrogen-bond donors (Lipinski definition) is 1. The number of amides is 3. The number of fused-ring (bicyclic) bond motifs is 2. The van der Waals surface area contributed by atoms with Crippen molar-refractivity contribution in [2.75, 3.05) is 10.2 Å². The van der Waals surface area contributed by atoms with Crippen LogP contribution < -0.4 is 15.1 Å². The highest BCUT2D eigenvalue weighted by Gasteiger charge is 2.57. The quantitative estimate of drug-likeness (QED) is 0.270. The first-order valence-corrected chi connectivity index (χ1v) is 14.9. The summed E-state index contributed by atoms with van der Waals surface area (Å²) in [5.74, 6) is -3.59. The van der Waals surface area contributed by atoms with Crippen molar-refractivity contribution in [2.24, 2.45) is 5.92 Å². The van der Waals surface area contributed by atoms with Gasteiger partial charge in [-0.15, -0.1) is 0 Å². The monoisotopic (exact) mass is 627 g/mol. The fraction of sp³-hybridized carbons (Fsp3) is 0.172. The van der Waals surface area contributed by atoms with Gasteiger partial charge in [-0.3, -0.25) is 23.7 Å². The van der Waals surface area contributed by atoms with Gasteiger partial charge in [-0.25, -0.2) is 9.29 Å². The first kappa shape index (κ1) is 27.7. The number of nitrogens with one attached hydrogen (secondary N) is 1. The molecule has 208 valence electrons. The Bertz CT molecular complexity index is 1790. The van der Waals surface area contributed by atoms with E-state index >= 15 is 0 Å². The molecule has 0 saturated carbocycles. The number of aromatic nitrogens is 1. The third-order valence-corrected chi connectivity index (χ3v) is 10.5. The first-order chi connectivity index (χ1) is 19.6.